The van der Waals surface area contributed by atoms with Gasteiger partial charge < -0.3 is 20.5 Å². The molecule has 0 spiro atoms. The third-order valence-electron chi connectivity index (χ3n) is 2.25. The predicted octanol–water partition coefficient (Wildman–Crippen LogP) is -0.147. The number of pyridine rings is 1. The average Bonchev–Trinajstić information content (AvgIpc) is 2.14. The average molecular weight is 195 g/mol. The Bertz CT molecular complexity index is 337. The first kappa shape index (κ1) is 9.08. The third-order valence-corrected chi connectivity index (χ3v) is 2.25. The molecule has 1 saturated heterocycles. The van der Waals surface area contributed by atoms with Gasteiger partial charge in [-0.25, -0.2) is 0 Å². The number of anilines is 2. The van der Waals surface area contributed by atoms with Crippen molar-refractivity contribution < 1.29 is 9.84 Å². The summed E-state index contributed by atoms with van der Waals surface area (Å²) in [7, 11) is 1.56. The van der Waals surface area contributed by atoms with Crippen LogP contribution in [0.1, 0.15) is 0 Å². The molecule has 0 saturated carbocycles. The molecule has 0 radical (unpaired) electrons. The van der Waals surface area contributed by atoms with Gasteiger partial charge in [-0.2, -0.15) is 4.98 Å². The summed E-state index contributed by atoms with van der Waals surface area (Å²) in [6, 6.07) is 3.47. The highest BCUT2D eigenvalue weighted by Crippen LogP contribution is 2.27. The number of β-amino-alcohol motifs (C(OH)–C–C–N with tert-alkyl or cyclic N) is 1. The summed E-state index contributed by atoms with van der Waals surface area (Å²) in [5.41, 5.74) is 6.37. The zero-order valence-corrected chi connectivity index (χ0v) is 7.97. The van der Waals surface area contributed by atoms with Crippen LogP contribution in [-0.4, -0.2) is 36.4 Å². The Balaban J connectivity index is 2.23. The van der Waals surface area contributed by atoms with Gasteiger partial charge >= 0.3 is 0 Å². The maximum absolute atomic E-state index is 9.16. The van der Waals surface area contributed by atoms with Crippen molar-refractivity contribution in [1.29, 1.82) is 0 Å². The largest absolute Gasteiger partial charge is 0.481 e. The number of aliphatic hydroxyl groups is 1. The number of aliphatic hydroxyl groups excluding tert-OH is 1. The van der Waals surface area contributed by atoms with Crippen molar-refractivity contribution in [3.8, 4) is 5.88 Å². The zero-order chi connectivity index (χ0) is 10.1. The van der Waals surface area contributed by atoms with Gasteiger partial charge in [0.05, 0.1) is 18.9 Å². The molecule has 1 aliphatic heterocycles. The lowest BCUT2D eigenvalue weighted by Gasteiger charge is -2.37. The van der Waals surface area contributed by atoms with Gasteiger partial charge in [0.1, 0.15) is 0 Å². The maximum atomic E-state index is 9.16. The molecule has 0 aromatic carbocycles. The van der Waals surface area contributed by atoms with Crippen LogP contribution in [0.4, 0.5) is 11.5 Å². The van der Waals surface area contributed by atoms with Crippen molar-refractivity contribution in [1.82, 2.24) is 4.98 Å². The molecule has 1 fully saturated rings. The van der Waals surface area contributed by atoms with Crippen molar-refractivity contribution in [3.63, 3.8) is 0 Å². The Hall–Kier alpha value is -1.49. The lowest BCUT2D eigenvalue weighted by atomic mass is 10.1. The van der Waals surface area contributed by atoms with Gasteiger partial charge in [0.25, 0.3) is 0 Å². The molecule has 0 unspecified atom stereocenters. The summed E-state index contributed by atoms with van der Waals surface area (Å²) in [6.07, 6.45) is -0.262. The van der Waals surface area contributed by atoms with E-state index in [-0.39, 0.29) is 6.10 Å². The number of ether oxygens (including phenoxy) is 1. The van der Waals surface area contributed by atoms with Crippen LogP contribution in [0, 0.1) is 0 Å². The monoisotopic (exact) mass is 195 g/mol. The lowest BCUT2D eigenvalue weighted by molar-refractivity contribution is 0.141. The number of hydrogen-bond acceptors (Lipinski definition) is 5. The van der Waals surface area contributed by atoms with E-state index < -0.39 is 0 Å². The van der Waals surface area contributed by atoms with Crippen LogP contribution >= 0.6 is 0 Å². The Morgan fingerprint density at radius 3 is 2.86 bits per heavy atom. The highest BCUT2D eigenvalue weighted by Gasteiger charge is 2.27. The van der Waals surface area contributed by atoms with Crippen LogP contribution in [0.3, 0.4) is 0 Å². The Morgan fingerprint density at radius 1 is 1.57 bits per heavy atom. The molecular formula is C9H13N3O2. The molecule has 2 heterocycles. The quantitative estimate of drug-likeness (QED) is 0.687. The number of aromatic nitrogens is 1. The second-order valence-electron chi connectivity index (χ2n) is 3.33. The van der Waals surface area contributed by atoms with Gasteiger partial charge in [0, 0.05) is 19.2 Å². The van der Waals surface area contributed by atoms with Crippen LogP contribution in [0.25, 0.3) is 0 Å². The minimum absolute atomic E-state index is 0.262. The normalized spacial score (nSPS) is 16.6. The van der Waals surface area contributed by atoms with Crippen molar-refractivity contribution in [2.75, 3.05) is 30.8 Å². The standard InChI is InChI=1S/C9H13N3O2/c1-14-8-3-2-7(10)9(11-8)12-4-6(13)5-12/h2-3,6,13H,4-5,10H2,1H3. The fraction of sp³-hybridized carbons (Fsp3) is 0.444. The van der Waals surface area contributed by atoms with E-state index in [9.17, 15) is 0 Å². The molecule has 76 valence electrons. The van der Waals surface area contributed by atoms with Crippen molar-refractivity contribution >= 4 is 11.5 Å². The first-order valence-electron chi connectivity index (χ1n) is 4.44. The Kier molecular flexibility index (Phi) is 2.17. The number of nitrogen functional groups attached to an aromatic ring is 1. The molecule has 5 heteroatoms. The van der Waals surface area contributed by atoms with Gasteiger partial charge in [-0.3, -0.25) is 0 Å². The fourth-order valence-electron chi connectivity index (χ4n) is 1.44. The summed E-state index contributed by atoms with van der Waals surface area (Å²) in [6.45, 7) is 1.18. The minimum atomic E-state index is -0.262. The Morgan fingerprint density at radius 2 is 2.29 bits per heavy atom. The van der Waals surface area contributed by atoms with Gasteiger partial charge in [0.15, 0.2) is 5.82 Å². The van der Waals surface area contributed by atoms with E-state index >= 15 is 0 Å². The van der Waals surface area contributed by atoms with Gasteiger partial charge in [-0.15, -0.1) is 0 Å². The van der Waals surface area contributed by atoms with E-state index in [4.69, 9.17) is 15.6 Å². The van der Waals surface area contributed by atoms with Gasteiger partial charge in [-0.05, 0) is 6.07 Å². The molecule has 2 rings (SSSR count). The molecule has 0 bridgehead atoms. The first-order valence-corrected chi connectivity index (χ1v) is 4.44. The van der Waals surface area contributed by atoms with E-state index in [0.29, 0.717) is 30.5 Å². The summed E-state index contributed by atoms with van der Waals surface area (Å²) in [5.74, 6) is 1.23. The number of methoxy groups -OCH3 is 1. The highest BCUT2D eigenvalue weighted by molar-refractivity contribution is 5.64. The minimum Gasteiger partial charge on any atom is -0.481 e. The van der Waals surface area contributed by atoms with E-state index in [1.165, 1.54) is 0 Å². The van der Waals surface area contributed by atoms with Crippen LogP contribution in [0.5, 0.6) is 5.88 Å². The Labute approximate surface area is 82.1 Å². The molecule has 3 N–H and O–H groups in total. The lowest BCUT2D eigenvalue weighted by Crippen LogP contribution is -2.51. The van der Waals surface area contributed by atoms with Crippen LogP contribution in [0.2, 0.25) is 0 Å². The summed E-state index contributed by atoms with van der Waals surface area (Å²) >= 11 is 0. The molecule has 0 atom stereocenters. The number of nitrogens with zero attached hydrogens (tertiary/aromatic N) is 2. The first-order chi connectivity index (χ1) is 6.70. The summed E-state index contributed by atoms with van der Waals surface area (Å²) in [4.78, 5) is 6.13. The highest BCUT2D eigenvalue weighted by atomic mass is 16.5. The summed E-state index contributed by atoms with van der Waals surface area (Å²) in [5, 5.41) is 9.16. The smallest absolute Gasteiger partial charge is 0.215 e. The SMILES string of the molecule is COc1ccc(N)c(N2CC(O)C2)n1. The predicted molar refractivity (Wildman–Crippen MR) is 53.4 cm³/mol. The molecule has 14 heavy (non-hydrogen) atoms. The fourth-order valence-corrected chi connectivity index (χ4v) is 1.44. The molecule has 5 nitrogen and oxygen atoms in total. The third kappa shape index (κ3) is 1.46. The van der Waals surface area contributed by atoms with Crippen molar-refractivity contribution in [3.05, 3.63) is 12.1 Å². The van der Waals surface area contributed by atoms with E-state index in [1.807, 2.05) is 4.90 Å². The number of rotatable bonds is 2. The van der Waals surface area contributed by atoms with E-state index in [0.717, 1.165) is 0 Å². The van der Waals surface area contributed by atoms with E-state index in [2.05, 4.69) is 4.98 Å². The van der Waals surface area contributed by atoms with Gasteiger partial charge in [-0.1, -0.05) is 0 Å². The maximum Gasteiger partial charge on any atom is 0.215 e. The van der Waals surface area contributed by atoms with Crippen molar-refractivity contribution in [2.24, 2.45) is 0 Å². The topological polar surface area (TPSA) is 71.6 Å². The molecule has 1 aromatic heterocycles. The van der Waals surface area contributed by atoms with Gasteiger partial charge in [0.2, 0.25) is 5.88 Å². The molecule has 1 aliphatic rings. The van der Waals surface area contributed by atoms with Crippen molar-refractivity contribution in [2.45, 2.75) is 6.10 Å². The molecular weight excluding hydrogens is 182 g/mol. The second kappa shape index (κ2) is 3.34. The molecule has 1 aromatic rings. The van der Waals surface area contributed by atoms with Crippen LogP contribution in [0.15, 0.2) is 12.1 Å². The zero-order valence-electron chi connectivity index (χ0n) is 7.97. The summed E-state index contributed by atoms with van der Waals surface area (Å²) < 4.78 is 5.00. The number of hydrogen-bond donors (Lipinski definition) is 2. The second-order valence-corrected chi connectivity index (χ2v) is 3.33. The van der Waals surface area contributed by atoms with Crippen LogP contribution in [-0.2, 0) is 0 Å². The molecule has 0 aliphatic carbocycles. The van der Waals surface area contributed by atoms with E-state index in [1.54, 1.807) is 19.2 Å². The molecule has 0 amide bonds. The number of nitrogens with two attached hydrogens (primary N) is 1. The van der Waals surface area contributed by atoms with Crippen LogP contribution < -0.4 is 15.4 Å².